The molecule has 0 radical (unpaired) electrons. The number of rotatable bonds is 9. The smallest absolute Gasteiger partial charge is 0.317 e. The van der Waals surface area contributed by atoms with Gasteiger partial charge in [0.05, 0.1) is 17.8 Å². The zero-order valence-electron chi connectivity index (χ0n) is 14.8. The molecule has 1 amide bonds. The number of amides is 1. The highest BCUT2D eigenvalue weighted by molar-refractivity contribution is 5.95. The largest absolute Gasteiger partial charge is 0.480 e. The van der Waals surface area contributed by atoms with E-state index < -0.39 is 5.97 Å². The number of carbonyl (C=O) groups is 2. The van der Waals surface area contributed by atoms with E-state index in [0.717, 1.165) is 37.9 Å². The third kappa shape index (κ3) is 4.56. The molecule has 1 heterocycles. The summed E-state index contributed by atoms with van der Waals surface area (Å²) in [6, 6.07) is 0.355. The third-order valence-corrected chi connectivity index (χ3v) is 4.64. The lowest BCUT2D eigenvalue weighted by Gasteiger charge is -2.42. The number of aromatic nitrogens is 2. The van der Waals surface area contributed by atoms with Gasteiger partial charge in [0.25, 0.3) is 5.91 Å². The van der Waals surface area contributed by atoms with E-state index in [2.05, 4.69) is 17.3 Å². The van der Waals surface area contributed by atoms with Gasteiger partial charge in [0.1, 0.15) is 0 Å². The minimum Gasteiger partial charge on any atom is -0.480 e. The molecule has 0 unspecified atom stereocenters. The average Bonchev–Trinajstić information content (AvgIpc) is 2.87. The first-order valence-electron chi connectivity index (χ1n) is 8.75. The van der Waals surface area contributed by atoms with E-state index in [1.165, 1.54) is 0 Å². The van der Waals surface area contributed by atoms with Gasteiger partial charge >= 0.3 is 5.97 Å². The lowest BCUT2D eigenvalue weighted by molar-refractivity contribution is -0.139. The molecule has 2 N–H and O–H groups in total. The van der Waals surface area contributed by atoms with Crippen LogP contribution in [-0.4, -0.2) is 56.8 Å². The fourth-order valence-corrected chi connectivity index (χ4v) is 3.12. The molecule has 1 aromatic rings. The van der Waals surface area contributed by atoms with Crippen molar-refractivity contribution in [2.24, 2.45) is 0 Å². The molecule has 0 aliphatic heterocycles. The third-order valence-electron chi connectivity index (χ3n) is 4.64. The number of likely N-dealkylation sites (N-methyl/N-ethyl adjacent to an activating group) is 1. The van der Waals surface area contributed by atoms with Crippen LogP contribution in [0.15, 0.2) is 6.20 Å². The number of carboxylic acids is 1. The van der Waals surface area contributed by atoms with Crippen molar-refractivity contribution in [1.29, 1.82) is 0 Å². The number of carboxylic acid groups (broad SMARTS) is 1. The van der Waals surface area contributed by atoms with Gasteiger partial charge in [-0.05, 0) is 32.7 Å². The Morgan fingerprint density at radius 3 is 2.71 bits per heavy atom. The van der Waals surface area contributed by atoms with Gasteiger partial charge < -0.3 is 10.4 Å². The summed E-state index contributed by atoms with van der Waals surface area (Å²) >= 11 is 0. The van der Waals surface area contributed by atoms with E-state index in [4.69, 9.17) is 5.11 Å². The molecule has 134 valence electrons. The van der Waals surface area contributed by atoms with Crippen LogP contribution in [0, 0.1) is 6.92 Å². The van der Waals surface area contributed by atoms with E-state index >= 15 is 0 Å². The molecule has 1 aliphatic rings. The summed E-state index contributed by atoms with van der Waals surface area (Å²) in [5.41, 5.74) is 1.38. The number of nitrogens with one attached hydrogen (secondary N) is 1. The molecule has 0 spiro atoms. The van der Waals surface area contributed by atoms with Crippen molar-refractivity contribution in [2.75, 3.05) is 13.1 Å². The van der Waals surface area contributed by atoms with Crippen LogP contribution in [0.25, 0.3) is 0 Å². The molecule has 0 saturated heterocycles. The summed E-state index contributed by atoms with van der Waals surface area (Å²) in [7, 11) is 0. The number of unbranched alkanes of at least 4 members (excludes halogenated alkanes) is 1. The molecular formula is C17H28N4O3. The maximum Gasteiger partial charge on any atom is 0.317 e. The minimum atomic E-state index is -0.806. The second kappa shape index (κ2) is 8.28. The van der Waals surface area contributed by atoms with Crippen LogP contribution in [0.4, 0.5) is 0 Å². The Bertz CT molecular complexity index is 578. The van der Waals surface area contributed by atoms with Crippen molar-refractivity contribution in [3.05, 3.63) is 17.5 Å². The van der Waals surface area contributed by atoms with Crippen molar-refractivity contribution >= 4 is 11.9 Å². The highest BCUT2D eigenvalue weighted by Crippen LogP contribution is 2.26. The average molecular weight is 336 g/mol. The maximum atomic E-state index is 12.4. The van der Waals surface area contributed by atoms with Gasteiger partial charge in [-0.25, -0.2) is 0 Å². The number of aryl methyl sites for hydroxylation is 2. The van der Waals surface area contributed by atoms with E-state index in [1.54, 1.807) is 0 Å². The van der Waals surface area contributed by atoms with Crippen molar-refractivity contribution in [1.82, 2.24) is 20.0 Å². The second-order valence-electron chi connectivity index (χ2n) is 6.50. The Labute approximate surface area is 143 Å². The van der Waals surface area contributed by atoms with Gasteiger partial charge in [-0.2, -0.15) is 5.10 Å². The SMILES string of the molecule is CCCCn1cc(C(=O)NC2CC(N(CC)CC(=O)O)C2)c(C)n1. The van der Waals surface area contributed by atoms with E-state index in [1.807, 2.05) is 29.6 Å². The van der Waals surface area contributed by atoms with Crippen molar-refractivity contribution < 1.29 is 14.7 Å². The van der Waals surface area contributed by atoms with Crippen LogP contribution < -0.4 is 5.32 Å². The molecule has 7 heteroatoms. The number of hydrogen-bond acceptors (Lipinski definition) is 4. The number of carbonyl (C=O) groups excluding carboxylic acids is 1. The maximum absolute atomic E-state index is 12.4. The van der Waals surface area contributed by atoms with Gasteiger partial charge in [-0.3, -0.25) is 19.2 Å². The Balaban J connectivity index is 1.84. The second-order valence-corrected chi connectivity index (χ2v) is 6.50. The molecule has 0 atom stereocenters. The highest BCUT2D eigenvalue weighted by Gasteiger charge is 2.35. The van der Waals surface area contributed by atoms with E-state index in [-0.39, 0.29) is 24.5 Å². The molecule has 1 aromatic heterocycles. The number of nitrogens with zero attached hydrogens (tertiary/aromatic N) is 3. The van der Waals surface area contributed by atoms with Crippen LogP contribution >= 0.6 is 0 Å². The van der Waals surface area contributed by atoms with Crippen molar-refractivity contribution in [3.8, 4) is 0 Å². The van der Waals surface area contributed by atoms with E-state index in [0.29, 0.717) is 12.1 Å². The topological polar surface area (TPSA) is 87.5 Å². The first-order chi connectivity index (χ1) is 11.4. The van der Waals surface area contributed by atoms with Gasteiger partial charge in [-0.1, -0.05) is 20.3 Å². The van der Waals surface area contributed by atoms with Gasteiger partial charge in [0.15, 0.2) is 0 Å². The molecule has 1 saturated carbocycles. The summed E-state index contributed by atoms with van der Waals surface area (Å²) in [5.74, 6) is -0.889. The molecular weight excluding hydrogens is 308 g/mol. The first kappa shape index (κ1) is 18.4. The number of hydrogen-bond donors (Lipinski definition) is 2. The van der Waals surface area contributed by atoms with Gasteiger partial charge in [0, 0.05) is 24.8 Å². The quantitative estimate of drug-likeness (QED) is 0.716. The fraction of sp³-hybridized carbons (Fsp3) is 0.706. The Hall–Kier alpha value is -1.89. The predicted octanol–water partition coefficient (Wildman–Crippen LogP) is 1.66. The first-order valence-corrected chi connectivity index (χ1v) is 8.75. The van der Waals surface area contributed by atoms with Crippen LogP contribution in [0.2, 0.25) is 0 Å². The highest BCUT2D eigenvalue weighted by atomic mass is 16.4. The van der Waals surface area contributed by atoms with Crippen LogP contribution in [-0.2, 0) is 11.3 Å². The summed E-state index contributed by atoms with van der Waals surface area (Å²) < 4.78 is 1.84. The van der Waals surface area contributed by atoms with Crippen molar-refractivity contribution in [3.63, 3.8) is 0 Å². The fourth-order valence-electron chi connectivity index (χ4n) is 3.12. The molecule has 2 rings (SSSR count). The predicted molar refractivity (Wildman–Crippen MR) is 91.0 cm³/mol. The lowest BCUT2D eigenvalue weighted by Crippen LogP contribution is -2.54. The van der Waals surface area contributed by atoms with Gasteiger partial charge in [-0.15, -0.1) is 0 Å². The molecule has 0 bridgehead atoms. The van der Waals surface area contributed by atoms with Crippen LogP contribution in [0.1, 0.15) is 55.6 Å². The van der Waals surface area contributed by atoms with Crippen LogP contribution in [0.3, 0.4) is 0 Å². The van der Waals surface area contributed by atoms with E-state index in [9.17, 15) is 9.59 Å². The number of aliphatic carboxylic acids is 1. The summed E-state index contributed by atoms with van der Waals surface area (Å²) in [4.78, 5) is 25.2. The Morgan fingerprint density at radius 2 is 2.12 bits per heavy atom. The minimum absolute atomic E-state index is 0.0607. The standard InChI is InChI=1S/C17H28N4O3/c1-4-6-7-21-10-15(12(3)19-21)17(24)18-13-8-14(9-13)20(5-2)11-16(22)23/h10,13-14H,4-9,11H2,1-3H3,(H,18,24)(H,22,23). The van der Waals surface area contributed by atoms with Crippen LogP contribution in [0.5, 0.6) is 0 Å². The van der Waals surface area contributed by atoms with Gasteiger partial charge in [0.2, 0.25) is 0 Å². The summed E-state index contributed by atoms with van der Waals surface area (Å²) in [6.07, 6.45) is 5.56. The molecule has 1 aliphatic carbocycles. The monoisotopic (exact) mass is 336 g/mol. The normalized spacial score (nSPS) is 20.0. The summed E-state index contributed by atoms with van der Waals surface area (Å²) in [6.45, 7) is 7.54. The summed E-state index contributed by atoms with van der Waals surface area (Å²) in [5, 5.41) is 16.3. The molecule has 7 nitrogen and oxygen atoms in total. The van der Waals surface area contributed by atoms with Crippen molar-refractivity contribution in [2.45, 2.75) is 65.1 Å². The molecule has 24 heavy (non-hydrogen) atoms. The zero-order chi connectivity index (χ0) is 17.7. The molecule has 0 aromatic carbocycles. The lowest BCUT2D eigenvalue weighted by atomic mass is 9.85. The zero-order valence-corrected chi connectivity index (χ0v) is 14.8. The molecule has 1 fully saturated rings. The Morgan fingerprint density at radius 1 is 1.42 bits per heavy atom. The Kier molecular flexibility index (Phi) is 6.36.